The molecule has 2 N–H and O–H groups in total. The Morgan fingerprint density at radius 1 is 1.29 bits per heavy atom. The van der Waals surface area contributed by atoms with Gasteiger partial charge in [-0.2, -0.15) is 0 Å². The van der Waals surface area contributed by atoms with Crippen LogP contribution in [0.4, 0.5) is 5.69 Å². The summed E-state index contributed by atoms with van der Waals surface area (Å²) in [6, 6.07) is 12.6. The second-order valence-corrected chi connectivity index (χ2v) is 8.83. The van der Waals surface area contributed by atoms with Crippen LogP contribution in [-0.4, -0.2) is 15.9 Å². The molecule has 28 heavy (non-hydrogen) atoms. The molecular weight excluding hydrogens is 414 g/mol. The highest BCUT2D eigenvalue weighted by Crippen LogP contribution is 2.33. The number of carbonyl (C=O) groups is 1. The monoisotopic (exact) mass is 429 g/mol. The maximum atomic E-state index is 12.3. The minimum absolute atomic E-state index is 0.0163. The summed E-state index contributed by atoms with van der Waals surface area (Å²) >= 11 is 9.33. The van der Waals surface area contributed by atoms with Gasteiger partial charge in [0.05, 0.1) is 20.8 Å². The number of aromatic amines is 1. The first kappa shape index (κ1) is 19.0. The van der Waals surface area contributed by atoms with Crippen molar-refractivity contribution in [1.82, 2.24) is 9.97 Å². The molecule has 142 valence electrons. The molecule has 8 heteroatoms. The fraction of sp³-hybridized carbons (Fsp3) is 0.150. The number of hydrogen-bond acceptors (Lipinski definition) is 5. The highest BCUT2D eigenvalue weighted by atomic mass is 35.5. The van der Waals surface area contributed by atoms with Crippen LogP contribution in [0.15, 0.2) is 51.6 Å². The summed E-state index contributed by atoms with van der Waals surface area (Å²) in [5.41, 5.74) is 3.07. The van der Waals surface area contributed by atoms with E-state index < -0.39 is 0 Å². The van der Waals surface area contributed by atoms with Crippen LogP contribution in [0.25, 0.3) is 21.1 Å². The number of anilines is 1. The van der Waals surface area contributed by atoms with Crippen LogP contribution in [0, 0.1) is 0 Å². The lowest BCUT2D eigenvalue weighted by Gasteiger charge is -2.04. The number of para-hydroxylation sites is 1. The van der Waals surface area contributed by atoms with Crippen molar-refractivity contribution >= 4 is 67.4 Å². The van der Waals surface area contributed by atoms with Gasteiger partial charge in [0, 0.05) is 35.0 Å². The number of halogens is 1. The van der Waals surface area contributed by atoms with Gasteiger partial charge < -0.3 is 10.3 Å². The predicted octanol–water partition coefficient (Wildman–Crippen LogP) is 5.43. The first-order valence-electron chi connectivity index (χ1n) is 8.67. The van der Waals surface area contributed by atoms with Gasteiger partial charge in [-0.15, -0.1) is 11.3 Å². The number of nitrogens with zero attached hydrogens (tertiary/aromatic N) is 1. The number of hydrogen-bond donors (Lipinski definition) is 2. The van der Waals surface area contributed by atoms with Crippen molar-refractivity contribution in [3.63, 3.8) is 0 Å². The third-order valence-electron chi connectivity index (χ3n) is 4.19. The van der Waals surface area contributed by atoms with Crippen LogP contribution in [0.1, 0.15) is 19.0 Å². The molecule has 0 aliphatic rings. The quantitative estimate of drug-likeness (QED) is 0.414. The summed E-state index contributed by atoms with van der Waals surface area (Å²) in [6.45, 7) is 1.82. The number of pyridine rings is 1. The Bertz CT molecular complexity index is 1250. The van der Waals surface area contributed by atoms with Gasteiger partial charge in [0.15, 0.2) is 9.77 Å². The molecule has 0 saturated heterocycles. The van der Waals surface area contributed by atoms with Gasteiger partial charge in [-0.05, 0) is 30.3 Å². The molecule has 0 aliphatic heterocycles. The lowest BCUT2D eigenvalue weighted by Crippen LogP contribution is -2.08. The Morgan fingerprint density at radius 3 is 2.96 bits per heavy atom. The molecule has 4 aromatic rings. The third kappa shape index (κ3) is 3.92. The zero-order valence-electron chi connectivity index (χ0n) is 14.9. The predicted molar refractivity (Wildman–Crippen MR) is 118 cm³/mol. The van der Waals surface area contributed by atoms with Crippen molar-refractivity contribution in [2.45, 2.75) is 23.4 Å². The van der Waals surface area contributed by atoms with Crippen molar-refractivity contribution < 1.29 is 4.79 Å². The van der Waals surface area contributed by atoms with Gasteiger partial charge in [-0.3, -0.25) is 9.59 Å². The number of carbonyl (C=O) groups excluding carboxylic acids is 1. The first-order valence-corrected chi connectivity index (χ1v) is 10.8. The van der Waals surface area contributed by atoms with E-state index in [-0.39, 0.29) is 11.3 Å². The van der Waals surface area contributed by atoms with Crippen LogP contribution in [-0.2, 0) is 10.5 Å². The number of nitrogens with one attached hydrogen (secondary N) is 2. The Labute approximate surface area is 174 Å². The second-order valence-electron chi connectivity index (χ2n) is 6.17. The first-order chi connectivity index (χ1) is 13.5. The van der Waals surface area contributed by atoms with Gasteiger partial charge >= 0.3 is 0 Å². The molecule has 0 unspecified atom stereocenters. The summed E-state index contributed by atoms with van der Waals surface area (Å²) in [6.07, 6.45) is 0.440. The molecule has 4 rings (SSSR count). The molecule has 2 aromatic heterocycles. The highest BCUT2D eigenvalue weighted by molar-refractivity contribution is 8.00. The Morgan fingerprint density at radius 2 is 2.14 bits per heavy atom. The maximum Gasteiger partial charge on any atom is 0.224 e. The molecule has 0 atom stereocenters. The number of thiazole rings is 1. The van der Waals surface area contributed by atoms with E-state index in [9.17, 15) is 9.59 Å². The van der Waals surface area contributed by atoms with Crippen LogP contribution >= 0.6 is 34.7 Å². The van der Waals surface area contributed by atoms with E-state index in [0.29, 0.717) is 28.1 Å². The molecular formula is C20H16ClN3O2S2. The van der Waals surface area contributed by atoms with E-state index in [1.807, 2.05) is 25.1 Å². The molecule has 0 fully saturated rings. The smallest absolute Gasteiger partial charge is 0.224 e. The van der Waals surface area contributed by atoms with Crippen molar-refractivity contribution in [3.8, 4) is 0 Å². The zero-order chi connectivity index (χ0) is 19.7. The Hall–Kier alpha value is -2.35. The Kier molecular flexibility index (Phi) is 5.39. The van der Waals surface area contributed by atoms with Gasteiger partial charge in [0.25, 0.3) is 0 Å². The lowest BCUT2D eigenvalue weighted by atomic mass is 10.2. The van der Waals surface area contributed by atoms with E-state index in [2.05, 4.69) is 15.3 Å². The molecule has 2 heterocycles. The van der Waals surface area contributed by atoms with E-state index in [4.69, 9.17) is 11.6 Å². The summed E-state index contributed by atoms with van der Waals surface area (Å²) in [7, 11) is 0. The lowest BCUT2D eigenvalue weighted by molar-refractivity contribution is -0.115. The molecule has 0 radical (unpaired) electrons. The molecule has 2 aromatic carbocycles. The molecule has 1 amide bonds. The zero-order valence-corrected chi connectivity index (χ0v) is 17.3. The fourth-order valence-electron chi connectivity index (χ4n) is 2.80. The minimum atomic E-state index is -0.0487. The van der Waals surface area contributed by atoms with Crippen molar-refractivity contribution in [1.29, 1.82) is 0 Å². The molecule has 0 spiro atoms. The normalized spacial score (nSPS) is 11.2. The minimum Gasteiger partial charge on any atom is -0.356 e. The third-order valence-corrected chi connectivity index (χ3v) is 6.72. The van der Waals surface area contributed by atoms with Crippen LogP contribution in [0.2, 0.25) is 5.02 Å². The van der Waals surface area contributed by atoms with Crippen LogP contribution in [0.5, 0.6) is 0 Å². The molecule has 0 saturated carbocycles. The van der Waals surface area contributed by atoms with E-state index in [1.165, 1.54) is 0 Å². The Balaban J connectivity index is 1.55. The average Bonchev–Trinajstić information content (AvgIpc) is 3.09. The summed E-state index contributed by atoms with van der Waals surface area (Å²) in [5.74, 6) is 0.563. The fourth-order valence-corrected chi connectivity index (χ4v) is 5.04. The number of benzene rings is 2. The van der Waals surface area contributed by atoms with Crippen LogP contribution < -0.4 is 10.7 Å². The van der Waals surface area contributed by atoms with E-state index >= 15 is 0 Å². The van der Waals surface area contributed by atoms with Gasteiger partial charge in [0.1, 0.15) is 0 Å². The molecule has 0 bridgehead atoms. The molecule has 0 aliphatic carbocycles. The number of H-pyrrole nitrogens is 1. The summed E-state index contributed by atoms with van der Waals surface area (Å²) < 4.78 is 1.90. The SMILES string of the molecule is CCC(=O)Nc1ccc2nc(SCc3cc(=O)c4cccc(Cl)c4[nH]3)sc2c1. The summed E-state index contributed by atoms with van der Waals surface area (Å²) in [4.78, 5) is 31.8. The number of rotatable bonds is 5. The van der Waals surface area contributed by atoms with Gasteiger partial charge in [-0.25, -0.2) is 4.98 Å². The van der Waals surface area contributed by atoms with Crippen molar-refractivity contribution in [3.05, 3.63) is 63.4 Å². The van der Waals surface area contributed by atoms with Crippen molar-refractivity contribution in [2.24, 2.45) is 0 Å². The topological polar surface area (TPSA) is 74.8 Å². The standard InChI is InChI=1S/C20H16ClN3O2S2/c1-2-18(26)22-11-6-7-15-17(9-11)28-20(24-15)27-10-12-8-16(25)13-4-3-5-14(21)19(13)23-12/h3-9H,2,10H2,1H3,(H,22,26)(H,23,25). The largest absolute Gasteiger partial charge is 0.356 e. The number of fused-ring (bicyclic) bond motifs is 2. The number of aromatic nitrogens is 2. The number of amides is 1. The van der Waals surface area contributed by atoms with E-state index in [1.54, 1.807) is 47.4 Å². The molecule has 5 nitrogen and oxygen atoms in total. The maximum absolute atomic E-state index is 12.3. The summed E-state index contributed by atoms with van der Waals surface area (Å²) in [5, 5.41) is 3.98. The van der Waals surface area contributed by atoms with Crippen LogP contribution in [0.3, 0.4) is 0 Å². The highest BCUT2D eigenvalue weighted by Gasteiger charge is 2.09. The average molecular weight is 430 g/mol. The van der Waals surface area contributed by atoms with Gasteiger partial charge in [0.2, 0.25) is 5.91 Å². The van der Waals surface area contributed by atoms with Crippen molar-refractivity contribution in [2.75, 3.05) is 5.32 Å². The van der Waals surface area contributed by atoms with E-state index in [0.717, 1.165) is 25.9 Å². The second kappa shape index (κ2) is 7.95. The van der Waals surface area contributed by atoms with Gasteiger partial charge in [-0.1, -0.05) is 36.4 Å². The number of thioether (sulfide) groups is 1.